The Kier molecular flexibility index (Phi) is 5.15. The lowest BCUT2D eigenvalue weighted by atomic mass is 10.0. The van der Waals surface area contributed by atoms with Crippen molar-refractivity contribution in [1.82, 2.24) is 0 Å². The highest BCUT2D eigenvalue weighted by molar-refractivity contribution is 6.46. The van der Waals surface area contributed by atoms with E-state index < -0.39 is 23.4 Å². The first-order chi connectivity index (χ1) is 15.9. The highest BCUT2D eigenvalue weighted by Gasteiger charge is 2.40. The molecular weight excluding hydrogens is 446 g/mol. The highest BCUT2D eigenvalue weighted by Crippen LogP contribution is 2.36. The zero-order valence-electron chi connectivity index (χ0n) is 17.0. The van der Waals surface area contributed by atoms with Crippen molar-refractivity contribution in [2.45, 2.75) is 0 Å². The number of carbonyl (C=O) groups is 2. The molecule has 4 nitrogen and oxygen atoms in total. The van der Waals surface area contributed by atoms with Gasteiger partial charge in [-0.15, -0.1) is 0 Å². The maximum absolute atomic E-state index is 13.7. The van der Waals surface area contributed by atoms with Crippen LogP contribution in [-0.2, 0) is 9.59 Å². The minimum absolute atomic E-state index is 0.0309. The summed E-state index contributed by atoms with van der Waals surface area (Å²) in [5.74, 6) is -2.39. The molecular formula is C26H15ClF2N2O2. The van der Waals surface area contributed by atoms with Gasteiger partial charge in [0.25, 0.3) is 11.8 Å². The third-order valence-electron chi connectivity index (χ3n) is 5.43. The summed E-state index contributed by atoms with van der Waals surface area (Å²) in [6, 6.07) is 22.1. The van der Waals surface area contributed by atoms with Crippen LogP contribution in [0.4, 0.5) is 20.2 Å². The molecule has 162 valence electrons. The first-order valence-electron chi connectivity index (χ1n) is 10.0. The average molecular weight is 461 g/mol. The second-order valence-electron chi connectivity index (χ2n) is 7.45. The summed E-state index contributed by atoms with van der Waals surface area (Å²) in [7, 11) is 0. The number of nitrogens with one attached hydrogen (secondary N) is 1. The van der Waals surface area contributed by atoms with E-state index in [4.69, 9.17) is 11.6 Å². The van der Waals surface area contributed by atoms with E-state index >= 15 is 0 Å². The molecule has 0 atom stereocenters. The first kappa shape index (κ1) is 20.8. The number of hydrogen-bond acceptors (Lipinski definition) is 3. The molecule has 1 aliphatic rings. The second kappa shape index (κ2) is 8.15. The number of hydrogen-bond donors (Lipinski definition) is 1. The Morgan fingerprint density at radius 1 is 0.788 bits per heavy atom. The van der Waals surface area contributed by atoms with Gasteiger partial charge < -0.3 is 5.32 Å². The van der Waals surface area contributed by atoms with Crippen molar-refractivity contribution in [3.63, 3.8) is 0 Å². The average Bonchev–Trinajstić information content (AvgIpc) is 3.06. The van der Waals surface area contributed by atoms with Crippen LogP contribution in [0.25, 0.3) is 16.3 Å². The van der Waals surface area contributed by atoms with Crippen molar-refractivity contribution >= 4 is 51.1 Å². The largest absolute Gasteiger partial charge is 0.350 e. The SMILES string of the molecule is O=C1C(Nc2cccc3ccccc23)=C(c2ccc(F)cc2)C(=O)N1c1ccc(F)c(Cl)c1. The Morgan fingerprint density at radius 2 is 1.52 bits per heavy atom. The van der Waals surface area contributed by atoms with Gasteiger partial charge in [0.1, 0.15) is 17.3 Å². The summed E-state index contributed by atoms with van der Waals surface area (Å²) in [6.45, 7) is 0. The first-order valence-corrected chi connectivity index (χ1v) is 10.4. The van der Waals surface area contributed by atoms with Crippen LogP contribution in [0.2, 0.25) is 5.02 Å². The van der Waals surface area contributed by atoms with Crippen LogP contribution < -0.4 is 10.2 Å². The van der Waals surface area contributed by atoms with Gasteiger partial charge in [0.2, 0.25) is 0 Å². The summed E-state index contributed by atoms with van der Waals surface area (Å²) in [4.78, 5) is 27.8. The molecule has 0 aromatic heterocycles. The fourth-order valence-corrected chi connectivity index (χ4v) is 4.03. The zero-order valence-corrected chi connectivity index (χ0v) is 17.7. The van der Waals surface area contributed by atoms with Crippen molar-refractivity contribution in [2.75, 3.05) is 10.2 Å². The van der Waals surface area contributed by atoms with E-state index in [0.29, 0.717) is 11.3 Å². The predicted octanol–water partition coefficient (Wildman–Crippen LogP) is 6.17. The third-order valence-corrected chi connectivity index (χ3v) is 5.72. The molecule has 0 saturated heterocycles. The predicted molar refractivity (Wildman–Crippen MR) is 125 cm³/mol. The minimum atomic E-state index is -0.666. The number of fused-ring (bicyclic) bond motifs is 1. The molecule has 33 heavy (non-hydrogen) atoms. The van der Waals surface area contributed by atoms with Gasteiger partial charge in [0.05, 0.1) is 16.3 Å². The standard InChI is InChI=1S/C26H15ClF2N2O2/c27-20-14-18(12-13-21(20)29)31-25(32)23(16-8-10-17(28)11-9-16)24(26(31)33)30-22-7-3-5-15-4-1-2-6-19(15)22/h1-14,30H. The van der Waals surface area contributed by atoms with Gasteiger partial charge in [-0.25, -0.2) is 13.7 Å². The smallest absolute Gasteiger partial charge is 0.282 e. The van der Waals surface area contributed by atoms with Crippen LogP contribution in [0.3, 0.4) is 0 Å². The molecule has 4 aromatic rings. The van der Waals surface area contributed by atoms with Crippen molar-refractivity contribution in [1.29, 1.82) is 0 Å². The molecule has 7 heteroatoms. The molecule has 0 aliphatic carbocycles. The molecule has 5 rings (SSSR count). The fraction of sp³-hybridized carbons (Fsp3) is 0. The Bertz CT molecular complexity index is 1460. The van der Waals surface area contributed by atoms with Crippen LogP contribution in [0, 0.1) is 11.6 Å². The summed E-state index contributed by atoms with van der Waals surface area (Å²) in [6.07, 6.45) is 0. The molecule has 0 radical (unpaired) electrons. The number of anilines is 2. The van der Waals surface area contributed by atoms with E-state index in [1.54, 1.807) is 6.07 Å². The Balaban J connectivity index is 1.66. The van der Waals surface area contributed by atoms with E-state index in [2.05, 4.69) is 5.32 Å². The number of amides is 2. The number of rotatable bonds is 4. The van der Waals surface area contributed by atoms with Gasteiger partial charge in [-0.05, 0) is 47.3 Å². The zero-order chi connectivity index (χ0) is 23.1. The molecule has 4 aromatic carbocycles. The highest BCUT2D eigenvalue weighted by atomic mass is 35.5. The molecule has 2 amide bonds. The molecule has 1 N–H and O–H groups in total. The Labute approximate surface area is 192 Å². The maximum atomic E-state index is 13.7. The van der Waals surface area contributed by atoms with Crippen molar-refractivity contribution in [3.8, 4) is 0 Å². The Morgan fingerprint density at radius 3 is 2.27 bits per heavy atom. The van der Waals surface area contributed by atoms with Gasteiger partial charge in [-0.2, -0.15) is 0 Å². The Hall–Kier alpha value is -4.03. The molecule has 1 aliphatic heterocycles. The second-order valence-corrected chi connectivity index (χ2v) is 7.86. The number of benzene rings is 4. The molecule has 0 fully saturated rings. The summed E-state index contributed by atoms with van der Waals surface area (Å²) < 4.78 is 27.2. The number of nitrogens with zero attached hydrogens (tertiary/aromatic N) is 1. The summed E-state index contributed by atoms with van der Waals surface area (Å²) in [5.41, 5.74) is 1.23. The van der Waals surface area contributed by atoms with Crippen LogP contribution in [0.5, 0.6) is 0 Å². The lowest BCUT2D eigenvalue weighted by molar-refractivity contribution is -0.120. The molecule has 1 heterocycles. The monoisotopic (exact) mass is 460 g/mol. The van der Waals surface area contributed by atoms with E-state index in [9.17, 15) is 18.4 Å². The number of imide groups is 1. The normalized spacial score (nSPS) is 13.8. The third kappa shape index (κ3) is 3.64. The van der Waals surface area contributed by atoms with E-state index in [1.807, 2.05) is 36.4 Å². The van der Waals surface area contributed by atoms with Crippen molar-refractivity contribution in [3.05, 3.63) is 113 Å². The van der Waals surface area contributed by atoms with Gasteiger partial charge in [-0.3, -0.25) is 9.59 Å². The summed E-state index contributed by atoms with van der Waals surface area (Å²) in [5, 5.41) is 4.71. The topological polar surface area (TPSA) is 49.4 Å². The van der Waals surface area contributed by atoms with Crippen molar-refractivity contribution < 1.29 is 18.4 Å². The van der Waals surface area contributed by atoms with E-state index in [-0.39, 0.29) is 22.0 Å². The number of halogens is 3. The minimum Gasteiger partial charge on any atom is -0.350 e. The molecule has 0 bridgehead atoms. The van der Waals surface area contributed by atoms with Gasteiger partial charge in [0, 0.05) is 11.1 Å². The molecule has 0 saturated carbocycles. The van der Waals surface area contributed by atoms with Crippen LogP contribution in [0.15, 0.2) is 90.6 Å². The van der Waals surface area contributed by atoms with Gasteiger partial charge >= 0.3 is 0 Å². The van der Waals surface area contributed by atoms with Gasteiger partial charge in [0.15, 0.2) is 0 Å². The number of carbonyl (C=O) groups excluding carboxylic acids is 2. The van der Waals surface area contributed by atoms with Crippen LogP contribution in [-0.4, -0.2) is 11.8 Å². The van der Waals surface area contributed by atoms with Crippen LogP contribution in [0.1, 0.15) is 5.56 Å². The van der Waals surface area contributed by atoms with Crippen molar-refractivity contribution in [2.24, 2.45) is 0 Å². The lowest BCUT2D eigenvalue weighted by Gasteiger charge is -2.16. The van der Waals surface area contributed by atoms with Crippen LogP contribution >= 0.6 is 11.6 Å². The van der Waals surface area contributed by atoms with Gasteiger partial charge in [-0.1, -0.05) is 60.1 Å². The fourth-order valence-electron chi connectivity index (χ4n) is 3.86. The molecule has 0 unspecified atom stereocenters. The lowest BCUT2D eigenvalue weighted by Crippen LogP contribution is -2.32. The maximum Gasteiger partial charge on any atom is 0.282 e. The van der Waals surface area contributed by atoms with E-state index in [1.165, 1.54) is 36.4 Å². The van der Waals surface area contributed by atoms with E-state index in [0.717, 1.165) is 21.7 Å². The summed E-state index contributed by atoms with van der Waals surface area (Å²) >= 11 is 5.89. The quantitative estimate of drug-likeness (QED) is 0.371. The molecule has 0 spiro atoms.